The van der Waals surface area contributed by atoms with Crippen LogP contribution in [0.3, 0.4) is 0 Å². The third-order valence-electron chi connectivity index (χ3n) is 2.97. The van der Waals surface area contributed by atoms with Crippen LogP contribution >= 0.6 is 0 Å². The van der Waals surface area contributed by atoms with E-state index in [4.69, 9.17) is 0 Å². The third-order valence-corrected chi connectivity index (χ3v) is 2.97. The Morgan fingerprint density at radius 1 is 1.53 bits per heavy atom. The van der Waals surface area contributed by atoms with Gasteiger partial charge < -0.3 is 5.32 Å². The van der Waals surface area contributed by atoms with Crippen molar-refractivity contribution in [2.45, 2.75) is 40.2 Å². The summed E-state index contributed by atoms with van der Waals surface area (Å²) in [5.74, 6) is -0.0537. The summed E-state index contributed by atoms with van der Waals surface area (Å²) in [7, 11) is 1.90. The van der Waals surface area contributed by atoms with Crippen molar-refractivity contribution in [2.75, 3.05) is 0 Å². The SMILES string of the molecule is CCC(C)NC(=O)C=Cc1c(C)nn(C)c1C. The van der Waals surface area contributed by atoms with Crippen LogP contribution in [-0.2, 0) is 11.8 Å². The molecular weight excluding hydrogens is 214 g/mol. The Kier molecular flexibility index (Phi) is 4.49. The molecule has 0 fully saturated rings. The second kappa shape index (κ2) is 5.66. The molecule has 1 aromatic heterocycles. The topological polar surface area (TPSA) is 46.9 Å². The highest BCUT2D eigenvalue weighted by Gasteiger charge is 2.07. The van der Waals surface area contributed by atoms with Crippen molar-refractivity contribution >= 4 is 12.0 Å². The summed E-state index contributed by atoms with van der Waals surface area (Å²) in [5, 5.41) is 7.19. The highest BCUT2D eigenvalue weighted by molar-refractivity contribution is 5.92. The number of rotatable bonds is 4. The first-order valence-corrected chi connectivity index (χ1v) is 5.94. The molecule has 1 amide bonds. The van der Waals surface area contributed by atoms with E-state index in [1.54, 1.807) is 6.08 Å². The summed E-state index contributed by atoms with van der Waals surface area (Å²) in [6.45, 7) is 7.97. The number of aromatic nitrogens is 2. The van der Waals surface area contributed by atoms with Crippen LogP contribution in [0.25, 0.3) is 6.08 Å². The zero-order valence-electron chi connectivity index (χ0n) is 11.2. The van der Waals surface area contributed by atoms with E-state index in [1.165, 1.54) is 0 Å². The first-order valence-electron chi connectivity index (χ1n) is 5.94. The number of nitrogens with one attached hydrogen (secondary N) is 1. The first-order chi connectivity index (χ1) is 7.95. The molecule has 1 heterocycles. The first kappa shape index (κ1) is 13.5. The molecule has 0 aromatic carbocycles. The van der Waals surface area contributed by atoms with E-state index in [0.717, 1.165) is 23.4 Å². The van der Waals surface area contributed by atoms with E-state index in [1.807, 2.05) is 45.5 Å². The van der Waals surface area contributed by atoms with Gasteiger partial charge in [0, 0.05) is 30.4 Å². The van der Waals surface area contributed by atoms with E-state index in [-0.39, 0.29) is 11.9 Å². The fraction of sp³-hybridized carbons (Fsp3) is 0.538. The van der Waals surface area contributed by atoms with Crippen LogP contribution in [-0.4, -0.2) is 21.7 Å². The molecule has 1 unspecified atom stereocenters. The Labute approximate surface area is 103 Å². The van der Waals surface area contributed by atoms with Gasteiger partial charge in [0.2, 0.25) is 5.91 Å². The van der Waals surface area contributed by atoms with Gasteiger partial charge in [0.15, 0.2) is 0 Å². The predicted molar refractivity (Wildman–Crippen MR) is 69.6 cm³/mol. The van der Waals surface area contributed by atoms with E-state index >= 15 is 0 Å². The van der Waals surface area contributed by atoms with Crippen molar-refractivity contribution in [2.24, 2.45) is 7.05 Å². The lowest BCUT2D eigenvalue weighted by Crippen LogP contribution is -2.30. The van der Waals surface area contributed by atoms with Crippen molar-refractivity contribution < 1.29 is 4.79 Å². The van der Waals surface area contributed by atoms with Gasteiger partial charge in [-0.15, -0.1) is 0 Å². The summed E-state index contributed by atoms with van der Waals surface area (Å²) in [5.41, 5.74) is 3.03. The van der Waals surface area contributed by atoms with Crippen molar-refractivity contribution in [3.05, 3.63) is 23.0 Å². The van der Waals surface area contributed by atoms with Gasteiger partial charge in [-0.25, -0.2) is 0 Å². The molecule has 0 saturated heterocycles. The molecule has 1 aromatic rings. The minimum absolute atomic E-state index is 0.0537. The number of hydrogen-bond donors (Lipinski definition) is 1. The molecule has 1 N–H and O–H groups in total. The smallest absolute Gasteiger partial charge is 0.244 e. The quantitative estimate of drug-likeness (QED) is 0.811. The highest BCUT2D eigenvalue weighted by atomic mass is 16.1. The number of nitrogens with zero attached hydrogens (tertiary/aromatic N) is 2. The summed E-state index contributed by atoms with van der Waals surface area (Å²) >= 11 is 0. The van der Waals surface area contributed by atoms with Gasteiger partial charge in [0.1, 0.15) is 0 Å². The summed E-state index contributed by atoms with van der Waals surface area (Å²) in [4.78, 5) is 11.6. The monoisotopic (exact) mass is 235 g/mol. The van der Waals surface area contributed by atoms with Gasteiger partial charge in [0.05, 0.1) is 5.69 Å². The van der Waals surface area contributed by atoms with E-state index in [0.29, 0.717) is 0 Å². The minimum Gasteiger partial charge on any atom is -0.350 e. The summed E-state index contributed by atoms with van der Waals surface area (Å²) in [6.07, 6.45) is 4.34. The molecule has 4 heteroatoms. The van der Waals surface area contributed by atoms with Gasteiger partial charge in [-0.3, -0.25) is 9.48 Å². The molecule has 94 valence electrons. The normalized spacial score (nSPS) is 13.0. The van der Waals surface area contributed by atoms with Crippen LogP contribution in [0.1, 0.15) is 37.2 Å². The maximum absolute atomic E-state index is 11.6. The molecule has 0 aliphatic carbocycles. The van der Waals surface area contributed by atoms with Gasteiger partial charge in [-0.05, 0) is 33.3 Å². The molecule has 17 heavy (non-hydrogen) atoms. The maximum atomic E-state index is 11.6. The van der Waals surface area contributed by atoms with Crippen LogP contribution in [0, 0.1) is 13.8 Å². The molecule has 0 saturated carbocycles. The summed E-state index contributed by atoms with van der Waals surface area (Å²) < 4.78 is 1.82. The Hall–Kier alpha value is -1.58. The fourth-order valence-corrected chi connectivity index (χ4v) is 1.58. The molecule has 0 bridgehead atoms. The number of amides is 1. The second-order valence-corrected chi connectivity index (χ2v) is 4.36. The van der Waals surface area contributed by atoms with Crippen LogP contribution in [0.4, 0.5) is 0 Å². The molecule has 0 spiro atoms. The average Bonchev–Trinajstić information content (AvgIpc) is 2.51. The largest absolute Gasteiger partial charge is 0.350 e. The van der Waals surface area contributed by atoms with Crippen LogP contribution in [0.15, 0.2) is 6.08 Å². The third kappa shape index (κ3) is 3.44. The van der Waals surface area contributed by atoms with Crippen molar-refractivity contribution in [1.82, 2.24) is 15.1 Å². The Morgan fingerprint density at radius 2 is 2.18 bits per heavy atom. The van der Waals surface area contributed by atoms with Gasteiger partial charge >= 0.3 is 0 Å². The van der Waals surface area contributed by atoms with Crippen LogP contribution in [0.2, 0.25) is 0 Å². The Morgan fingerprint density at radius 3 is 2.65 bits per heavy atom. The molecule has 0 aliphatic heterocycles. The number of hydrogen-bond acceptors (Lipinski definition) is 2. The highest BCUT2D eigenvalue weighted by Crippen LogP contribution is 2.13. The van der Waals surface area contributed by atoms with E-state index in [2.05, 4.69) is 10.4 Å². The van der Waals surface area contributed by atoms with Crippen molar-refractivity contribution in [3.63, 3.8) is 0 Å². The number of aryl methyl sites for hydroxylation is 2. The lowest BCUT2D eigenvalue weighted by molar-refractivity contribution is -0.117. The van der Waals surface area contributed by atoms with Gasteiger partial charge in [-0.1, -0.05) is 6.92 Å². The average molecular weight is 235 g/mol. The zero-order valence-corrected chi connectivity index (χ0v) is 11.2. The van der Waals surface area contributed by atoms with Gasteiger partial charge in [0.25, 0.3) is 0 Å². The minimum atomic E-state index is -0.0537. The van der Waals surface area contributed by atoms with Crippen molar-refractivity contribution in [3.8, 4) is 0 Å². The molecule has 0 aliphatic rings. The molecule has 1 rings (SSSR count). The molecule has 4 nitrogen and oxygen atoms in total. The van der Waals surface area contributed by atoms with E-state index in [9.17, 15) is 4.79 Å². The second-order valence-electron chi connectivity index (χ2n) is 4.36. The number of carbonyl (C=O) groups excluding carboxylic acids is 1. The number of carbonyl (C=O) groups is 1. The zero-order chi connectivity index (χ0) is 13.0. The molecular formula is C13H21N3O. The molecule has 0 radical (unpaired) electrons. The summed E-state index contributed by atoms with van der Waals surface area (Å²) in [6, 6.07) is 0.211. The van der Waals surface area contributed by atoms with Gasteiger partial charge in [-0.2, -0.15) is 5.10 Å². The Balaban J connectivity index is 2.74. The lowest BCUT2D eigenvalue weighted by atomic mass is 10.2. The van der Waals surface area contributed by atoms with Crippen LogP contribution in [0.5, 0.6) is 0 Å². The lowest BCUT2D eigenvalue weighted by Gasteiger charge is -2.08. The van der Waals surface area contributed by atoms with Crippen LogP contribution < -0.4 is 5.32 Å². The maximum Gasteiger partial charge on any atom is 0.244 e. The van der Waals surface area contributed by atoms with E-state index < -0.39 is 0 Å². The molecule has 1 atom stereocenters. The fourth-order valence-electron chi connectivity index (χ4n) is 1.58. The van der Waals surface area contributed by atoms with Crippen molar-refractivity contribution in [1.29, 1.82) is 0 Å². The standard InChI is InChI=1S/C13H21N3O/c1-6-9(2)14-13(17)8-7-12-10(3)15-16(5)11(12)4/h7-9H,6H2,1-5H3,(H,14,17). The predicted octanol–water partition coefficient (Wildman–Crippen LogP) is 1.96. The Bertz CT molecular complexity index is 432.